The highest BCUT2D eigenvalue weighted by molar-refractivity contribution is 8.18. The molecule has 2 amide bonds. The molecule has 0 N–H and O–H groups in total. The van der Waals surface area contributed by atoms with Crippen LogP contribution in [0.25, 0.3) is 17.4 Å². The predicted molar refractivity (Wildman–Crippen MR) is 123 cm³/mol. The van der Waals surface area contributed by atoms with E-state index < -0.39 is 11.1 Å². The van der Waals surface area contributed by atoms with Gasteiger partial charge in [-0.2, -0.15) is 0 Å². The monoisotopic (exact) mass is 481 g/mol. The molecular formula is C24H16ClNO6S. The summed E-state index contributed by atoms with van der Waals surface area (Å²) in [6, 6.07) is 13.8. The number of thioether (sulfide) groups is 1. The van der Waals surface area contributed by atoms with Crippen LogP contribution in [-0.4, -0.2) is 28.6 Å². The lowest BCUT2D eigenvalue weighted by Crippen LogP contribution is -2.27. The number of ketones is 1. The molecule has 7 nitrogen and oxygen atoms in total. The molecule has 33 heavy (non-hydrogen) atoms. The predicted octanol–water partition coefficient (Wildman–Crippen LogP) is 5.77. The van der Waals surface area contributed by atoms with Crippen LogP contribution in [0.3, 0.4) is 0 Å². The molecule has 0 saturated carbocycles. The van der Waals surface area contributed by atoms with Gasteiger partial charge in [-0.25, -0.2) is 0 Å². The summed E-state index contributed by atoms with van der Waals surface area (Å²) in [5.74, 6) is 1.63. The van der Waals surface area contributed by atoms with Crippen LogP contribution in [0.5, 0.6) is 11.5 Å². The molecule has 5 rings (SSSR count). The maximum atomic E-state index is 12.9. The highest BCUT2D eigenvalue weighted by Gasteiger charge is 2.36. The number of fused-ring (bicyclic) bond motifs is 1. The molecule has 0 spiro atoms. The third kappa shape index (κ3) is 4.15. The lowest BCUT2D eigenvalue weighted by molar-refractivity contribution is -0.123. The molecule has 9 heteroatoms. The molecule has 2 aromatic carbocycles. The minimum Gasteiger partial charge on any atom is -0.457 e. The summed E-state index contributed by atoms with van der Waals surface area (Å²) in [7, 11) is 0. The molecule has 0 bridgehead atoms. The quantitative estimate of drug-likeness (QED) is 0.338. The maximum absolute atomic E-state index is 12.9. The zero-order valence-electron chi connectivity index (χ0n) is 17.3. The Bertz CT molecular complexity index is 1330. The molecule has 3 aromatic rings. The van der Waals surface area contributed by atoms with Gasteiger partial charge < -0.3 is 13.9 Å². The summed E-state index contributed by atoms with van der Waals surface area (Å²) in [4.78, 5) is 38.2. The van der Waals surface area contributed by atoms with Crippen molar-refractivity contribution in [1.82, 2.24) is 4.90 Å². The van der Waals surface area contributed by atoms with E-state index in [1.807, 2.05) is 0 Å². The Morgan fingerprint density at radius 2 is 1.82 bits per heavy atom. The molecule has 0 radical (unpaired) electrons. The number of rotatable bonds is 5. The zero-order valence-corrected chi connectivity index (χ0v) is 18.9. The van der Waals surface area contributed by atoms with Gasteiger partial charge in [0.1, 0.15) is 11.5 Å². The Morgan fingerprint density at radius 3 is 2.55 bits per heavy atom. The van der Waals surface area contributed by atoms with E-state index in [9.17, 15) is 14.4 Å². The van der Waals surface area contributed by atoms with Crippen molar-refractivity contribution in [2.45, 2.75) is 13.5 Å². The number of hydrogen-bond acceptors (Lipinski definition) is 7. The van der Waals surface area contributed by atoms with Crippen molar-refractivity contribution >= 4 is 46.4 Å². The first-order valence-electron chi connectivity index (χ1n) is 9.93. The topological polar surface area (TPSA) is 86.0 Å². The summed E-state index contributed by atoms with van der Waals surface area (Å²) < 4.78 is 16.5. The van der Waals surface area contributed by atoms with E-state index in [-0.39, 0.29) is 24.0 Å². The van der Waals surface area contributed by atoms with E-state index in [4.69, 9.17) is 25.5 Å². The second kappa shape index (κ2) is 8.46. The van der Waals surface area contributed by atoms with Gasteiger partial charge in [0, 0.05) is 28.3 Å². The third-order valence-electron chi connectivity index (χ3n) is 5.22. The normalized spacial score (nSPS) is 16.2. The largest absolute Gasteiger partial charge is 0.457 e. The van der Waals surface area contributed by atoms with Gasteiger partial charge in [0.2, 0.25) is 6.79 Å². The van der Waals surface area contributed by atoms with Crippen LogP contribution in [0.4, 0.5) is 4.79 Å². The molecule has 1 aromatic heterocycles. The molecule has 3 heterocycles. The first-order valence-corrected chi connectivity index (χ1v) is 11.1. The smallest absolute Gasteiger partial charge is 0.293 e. The van der Waals surface area contributed by atoms with Gasteiger partial charge in [0.15, 0.2) is 17.3 Å². The van der Waals surface area contributed by atoms with Crippen LogP contribution in [0.2, 0.25) is 5.02 Å². The van der Waals surface area contributed by atoms with Crippen LogP contribution in [-0.2, 0) is 11.3 Å². The Morgan fingerprint density at radius 1 is 1.09 bits per heavy atom. The summed E-state index contributed by atoms with van der Waals surface area (Å²) in [6.07, 6.45) is 1.54. The number of amides is 2. The number of nitrogens with zero attached hydrogens (tertiary/aromatic N) is 1. The highest BCUT2D eigenvalue weighted by Crippen LogP contribution is 2.39. The van der Waals surface area contributed by atoms with E-state index in [1.165, 1.54) is 6.92 Å². The van der Waals surface area contributed by atoms with Gasteiger partial charge in [-0.15, -0.1) is 0 Å². The molecular weight excluding hydrogens is 466 g/mol. The van der Waals surface area contributed by atoms with Crippen molar-refractivity contribution in [1.29, 1.82) is 0 Å². The van der Waals surface area contributed by atoms with E-state index in [0.717, 1.165) is 22.2 Å². The van der Waals surface area contributed by atoms with Gasteiger partial charge in [-0.3, -0.25) is 19.3 Å². The number of imide groups is 1. The fraction of sp³-hybridized carbons (Fsp3) is 0.125. The lowest BCUT2D eigenvalue weighted by Gasteiger charge is -2.14. The van der Waals surface area contributed by atoms with Crippen LogP contribution >= 0.6 is 23.4 Å². The fourth-order valence-electron chi connectivity index (χ4n) is 3.47. The summed E-state index contributed by atoms with van der Waals surface area (Å²) in [5, 5.41) is -0.0136. The van der Waals surface area contributed by atoms with Gasteiger partial charge in [0.25, 0.3) is 11.1 Å². The molecule has 2 aliphatic rings. The first kappa shape index (κ1) is 21.4. The Kier molecular flexibility index (Phi) is 5.47. The van der Waals surface area contributed by atoms with Crippen molar-refractivity contribution in [2.75, 3.05) is 6.79 Å². The molecule has 1 saturated heterocycles. The average Bonchev–Trinajstić information content (AvgIpc) is 3.51. The van der Waals surface area contributed by atoms with Crippen molar-refractivity contribution in [2.24, 2.45) is 0 Å². The molecule has 2 aliphatic heterocycles. The van der Waals surface area contributed by atoms with Crippen molar-refractivity contribution in [3.63, 3.8) is 0 Å². The number of furan rings is 1. The Balaban J connectivity index is 1.34. The van der Waals surface area contributed by atoms with Crippen molar-refractivity contribution < 1.29 is 28.3 Å². The van der Waals surface area contributed by atoms with Crippen molar-refractivity contribution in [3.05, 3.63) is 75.3 Å². The summed E-state index contributed by atoms with van der Waals surface area (Å²) in [5.41, 5.74) is 1.99. The third-order valence-corrected chi connectivity index (χ3v) is 6.48. The SMILES string of the molecule is CC(=O)c1ccc(-c2ccc(/C=C3\SC(=O)N(Cc4cc5c(cc4Cl)OCO5)C3=O)o2)cc1. The molecule has 166 valence electrons. The van der Waals surface area contributed by atoms with Gasteiger partial charge in [0.05, 0.1) is 11.4 Å². The fourth-order valence-corrected chi connectivity index (χ4v) is 4.50. The van der Waals surface area contributed by atoms with E-state index in [2.05, 4.69) is 0 Å². The summed E-state index contributed by atoms with van der Waals surface area (Å²) in [6.45, 7) is 1.63. The highest BCUT2D eigenvalue weighted by atomic mass is 35.5. The number of Topliss-reactive ketones (excluding diaryl/α,β-unsaturated/α-hetero) is 1. The average molecular weight is 482 g/mol. The zero-order chi connectivity index (χ0) is 23.1. The standard InChI is InChI=1S/C24H16ClNO6S/c1-13(27)14-2-4-15(5-3-14)19-7-6-17(32-19)9-22-23(28)26(24(29)33-22)11-16-8-20-21(10-18(16)25)31-12-30-20/h2-10H,11-12H2,1H3/b22-9-. The maximum Gasteiger partial charge on any atom is 0.293 e. The molecule has 0 atom stereocenters. The minimum atomic E-state index is -0.428. The van der Waals surface area contributed by atoms with Crippen LogP contribution < -0.4 is 9.47 Å². The van der Waals surface area contributed by atoms with Crippen LogP contribution in [0.1, 0.15) is 28.6 Å². The second-order valence-corrected chi connectivity index (χ2v) is 8.80. The lowest BCUT2D eigenvalue weighted by atomic mass is 10.1. The minimum absolute atomic E-state index is 0.0144. The number of hydrogen-bond donors (Lipinski definition) is 0. The molecule has 0 unspecified atom stereocenters. The number of benzene rings is 2. The van der Waals surface area contributed by atoms with E-state index in [1.54, 1.807) is 54.6 Å². The molecule has 1 fully saturated rings. The van der Waals surface area contributed by atoms with E-state index in [0.29, 0.717) is 39.2 Å². The van der Waals surface area contributed by atoms with Gasteiger partial charge in [-0.05, 0) is 42.4 Å². The number of carbonyl (C=O) groups excluding carboxylic acids is 3. The number of carbonyl (C=O) groups is 3. The van der Waals surface area contributed by atoms with Crippen LogP contribution in [0, 0.1) is 0 Å². The Hall–Kier alpha value is -3.49. The van der Waals surface area contributed by atoms with Gasteiger partial charge in [-0.1, -0.05) is 35.9 Å². The number of halogens is 1. The van der Waals surface area contributed by atoms with Crippen molar-refractivity contribution in [3.8, 4) is 22.8 Å². The van der Waals surface area contributed by atoms with Crippen LogP contribution in [0.15, 0.2) is 57.9 Å². The number of ether oxygens (including phenoxy) is 2. The summed E-state index contributed by atoms with van der Waals surface area (Å²) >= 11 is 7.14. The first-order chi connectivity index (χ1) is 15.9. The van der Waals surface area contributed by atoms with Gasteiger partial charge >= 0.3 is 0 Å². The Labute approximate surface area is 197 Å². The van der Waals surface area contributed by atoms with E-state index >= 15 is 0 Å². The second-order valence-electron chi connectivity index (χ2n) is 7.40. The molecule has 0 aliphatic carbocycles.